The molecule has 1 saturated carbocycles. The highest BCUT2D eigenvalue weighted by atomic mass is 19.3. The molecule has 3 N–H and O–H groups in total. The topological polar surface area (TPSA) is 129 Å². The van der Waals surface area contributed by atoms with E-state index in [2.05, 4.69) is 16.0 Å². The standard InChI is InChI=1S/C32H46F2N4O6/c1-21(35-27(39)18-38-16-6-15-32(33,34)19-38)29(41)36-25(14-11-22-9-12-24(43-3)13-10-22)30(42)37-26(17-23-7-4-5-8-23)28(40)31(2)20-44-31/h9-10,12-13,21,23,25-26H,4-8,11,14-20H2,1-3H3,(H,35,39)(H,36,41)(H,37,42)/t21-,25-,26-,31+/m0/s1. The van der Waals surface area contributed by atoms with Gasteiger partial charge in [-0.2, -0.15) is 0 Å². The Kier molecular flexibility index (Phi) is 11.3. The number of aryl methyl sites for hydroxylation is 1. The summed E-state index contributed by atoms with van der Waals surface area (Å²) in [6.07, 6.45) is 5.49. The fourth-order valence-electron chi connectivity index (χ4n) is 6.11. The highest BCUT2D eigenvalue weighted by Crippen LogP contribution is 2.33. The van der Waals surface area contributed by atoms with E-state index < -0.39 is 53.9 Å². The van der Waals surface area contributed by atoms with E-state index in [1.807, 2.05) is 24.3 Å². The van der Waals surface area contributed by atoms with Crippen molar-refractivity contribution in [1.29, 1.82) is 0 Å². The Morgan fingerprint density at radius 1 is 1.02 bits per heavy atom. The van der Waals surface area contributed by atoms with Crippen molar-refractivity contribution in [2.75, 3.05) is 33.4 Å². The third kappa shape index (κ3) is 9.69. The van der Waals surface area contributed by atoms with Crippen LogP contribution in [0.2, 0.25) is 0 Å². The first-order valence-corrected chi connectivity index (χ1v) is 15.7. The Hall–Kier alpha value is -3.12. The van der Waals surface area contributed by atoms with Crippen LogP contribution in [0.3, 0.4) is 0 Å². The molecular weight excluding hydrogens is 574 g/mol. The van der Waals surface area contributed by atoms with Crippen LogP contribution in [0.15, 0.2) is 24.3 Å². The third-order valence-electron chi connectivity index (χ3n) is 8.90. The maximum Gasteiger partial charge on any atom is 0.260 e. The second-order valence-electron chi connectivity index (χ2n) is 12.7. The number of benzene rings is 1. The molecule has 44 heavy (non-hydrogen) atoms. The molecule has 0 radical (unpaired) electrons. The molecule has 4 atom stereocenters. The summed E-state index contributed by atoms with van der Waals surface area (Å²) in [6.45, 7) is 3.14. The van der Waals surface area contributed by atoms with E-state index in [4.69, 9.17) is 9.47 Å². The van der Waals surface area contributed by atoms with Crippen molar-refractivity contribution in [3.8, 4) is 5.75 Å². The average Bonchev–Trinajstić information content (AvgIpc) is 3.52. The van der Waals surface area contributed by atoms with Crippen LogP contribution in [-0.2, 0) is 30.3 Å². The number of carbonyl (C=O) groups is 4. The number of epoxide rings is 1. The van der Waals surface area contributed by atoms with E-state index in [9.17, 15) is 28.0 Å². The van der Waals surface area contributed by atoms with Crippen LogP contribution in [0.5, 0.6) is 5.75 Å². The summed E-state index contributed by atoms with van der Waals surface area (Å²) in [7, 11) is 1.57. The molecule has 0 aromatic heterocycles. The number of hydrogen-bond donors (Lipinski definition) is 3. The van der Waals surface area contributed by atoms with Crippen molar-refractivity contribution < 1.29 is 37.4 Å². The summed E-state index contributed by atoms with van der Waals surface area (Å²) >= 11 is 0. The normalized spacial score (nSPS) is 23.7. The maximum atomic E-state index is 13.8. The number of carbonyl (C=O) groups excluding carboxylic acids is 4. The van der Waals surface area contributed by atoms with E-state index in [1.165, 1.54) is 11.8 Å². The molecule has 1 aliphatic carbocycles. The van der Waals surface area contributed by atoms with Crippen LogP contribution < -0.4 is 20.7 Å². The van der Waals surface area contributed by atoms with Crippen molar-refractivity contribution in [3.63, 3.8) is 0 Å². The zero-order valence-corrected chi connectivity index (χ0v) is 26.0. The highest BCUT2D eigenvalue weighted by Gasteiger charge is 2.50. The van der Waals surface area contributed by atoms with E-state index in [0.717, 1.165) is 31.2 Å². The molecule has 2 heterocycles. The van der Waals surface area contributed by atoms with Gasteiger partial charge in [0.1, 0.15) is 23.4 Å². The van der Waals surface area contributed by atoms with Crippen molar-refractivity contribution in [1.82, 2.24) is 20.9 Å². The van der Waals surface area contributed by atoms with Crippen LogP contribution in [0.1, 0.15) is 70.8 Å². The second-order valence-corrected chi connectivity index (χ2v) is 12.7. The summed E-state index contributed by atoms with van der Waals surface area (Å²) < 4.78 is 38.1. The lowest BCUT2D eigenvalue weighted by Crippen LogP contribution is -2.57. The van der Waals surface area contributed by atoms with Crippen molar-refractivity contribution >= 4 is 23.5 Å². The molecule has 244 valence electrons. The molecule has 0 unspecified atom stereocenters. The number of rotatable bonds is 15. The number of nitrogens with one attached hydrogen (secondary N) is 3. The van der Waals surface area contributed by atoms with Gasteiger partial charge in [-0.3, -0.25) is 24.1 Å². The molecule has 2 saturated heterocycles. The smallest absolute Gasteiger partial charge is 0.260 e. The van der Waals surface area contributed by atoms with Gasteiger partial charge in [0.25, 0.3) is 5.92 Å². The lowest BCUT2D eigenvalue weighted by atomic mass is 9.90. The second kappa shape index (κ2) is 14.8. The first-order chi connectivity index (χ1) is 20.9. The Balaban J connectivity index is 1.41. The van der Waals surface area contributed by atoms with E-state index in [-0.39, 0.29) is 31.6 Å². The molecular formula is C32H46F2N4O6. The monoisotopic (exact) mass is 620 g/mol. The van der Waals surface area contributed by atoms with Gasteiger partial charge >= 0.3 is 0 Å². The molecule has 4 rings (SSSR count). The Bertz CT molecular complexity index is 1170. The van der Waals surface area contributed by atoms with Crippen LogP contribution in [0.4, 0.5) is 8.78 Å². The first kappa shape index (κ1) is 33.8. The van der Waals surface area contributed by atoms with Gasteiger partial charge in [0.2, 0.25) is 17.7 Å². The Morgan fingerprint density at radius 3 is 2.30 bits per heavy atom. The number of methoxy groups -OCH3 is 1. The van der Waals surface area contributed by atoms with E-state index in [1.54, 1.807) is 14.0 Å². The molecule has 10 nitrogen and oxygen atoms in total. The number of piperidine rings is 1. The van der Waals surface area contributed by atoms with Gasteiger partial charge in [-0.15, -0.1) is 0 Å². The molecule has 12 heteroatoms. The van der Waals surface area contributed by atoms with Gasteiger partial charge in [0, 0.05) is 6.42 Å². The summed E-state index contributed by atoms with van der Waals surface area (Å²) in [5.74, 6) is -3.61. The van der Waals surface area contributed by atoms with Crippen LogP contribution in [0, 0.1) is 5.92 Å². The number of hydrogen-bond acceptors (Lipinski definition) is 7. The fraction of sp³-hybridized carbons (Fsp3) is 0.688. The largest absolute Gasteiger partial charge is 0.497 e. The minimum absolute atomic E-state index is 0.165. The van der Waals surface area contributed by atoms with E-state index in [0.29, 0.717) is 37.7 Å². The number of alkyl halides is 2. The zero-order chi connectivity index (χ0) is 31.9. The van der Waals surface area contributed by atoms with Crippen molar-refractivity contribution in [2.24, 2.45) is 5.92 Å². The predicted octanol–water partition coefficient (Wildman–Crippen LogP) is 2.77. The zero-order valence-electron chi connectivity index (χ0n) is 26.0. The minimum atomic E-state index is -2.84. The number of likely N-dealkylation sites (tertiary alicyclic amines) is 1. The number of halogens is 2. The van der Waals surface area contributed by atoms with Gasteiger partial charge in [0.05, 0.1) is 32.8 Å². The van der Waals surface area contributed by atoms with E-state index >= 15 is 0 Å². The molecule has 3 amide bonds. The van der Waals surface area contributed by atoms with Crippen LogP contribution in [-0.4, -0.2) is 91.4 Å². The SMILES string of the molecule is COc1ccc(CC[C@H](NC(=O)[C@H](C)NC(=O)CN2CCCC(F)(F)C2)C(=O)N[C@@H](CC2CCCC2)C(=O)[C@@]2(C)CO2)cc1. The van der Waals surface area contributed by atoms with Gasteiger partial charge < -0.3 is 25.4 Å². The number of nitrogens with zero attached hydrogens (tertiary/aromatic N) is 1. The highest BCUT2D eigenvalue weighted by molar-refractivity contribution is 5.98. The molecule has 2 aliphatic heterocycles. The molecule has 1 aromatic rings. The first-order valence-electron chi connectivity index (χ1n) is 15.7. The quantitative estimate of drug-likeness (QED) is 0.257. The molecule has 3 aliphatic rings. The lowest BCUT2D eigenvalue weighted by molar-refractivity contribution is -0.134. The molecule has 0 bridgehead atoms. The fourth-order valence-corrected chi connectivity index (χ4v) is 6.11. The third-order valence-corrected chi connectivity index (χ3v) is 8.90. The number of ketones is 1. The molecule has 0 spiro atoms. The number of amides is 3. The Labute approximate surface area is 258 Å². The van der Waals surface area contributed by atoms with Crippen molar-refractivity contribution in [3.05, 3.63) is 29.8 Å². The summed E-state index contributed by atoms with van der Waals surface area (Å²) in [5.41, 5.74) is 0.0187. The van der Waals surface area contributed by atoms with Gasteiger partial charge in [-0.1, -0.05) is 37.8 Å². The summed E-state index contributed by atoms with van der Waals surface area (Å²) in [6, 6.07) is 4.63. The predicted molar refractivity (Wildman–Crippen MR) is 159 cm³/mol. The lowest BCUT2D eigenvalue weighted by Gasteiger charge is -2.32. The Morgan fingerprint density at radius 2 is 1.68 bits per heavy atom. The molecule has 1 aromatic carbocycles. The van der Waals surface area contributed by atoms with Gasteiger partial charge in [-0.25, -0.2) is 8.78 Å². The van der Waals surface area contributed by atoms with Gasteiger partial charge in [-0.05, 0) is 69.7 Å². The molecule has 3 fully saturated rings. The average molecular weight is 621 g/mol. The van der Waals surface area contributed by atoms with Gasteiger partial charge in [0.15, 0.2) is 5.78 Å². The summed E-state index contributed by atoms with van der Waals surface area (Å²) in [4.78, 5) is 54.2. The minimum Gasteiger partial charge on any atom is -0.497 e. The van der Waals surface area contributed by atoms with Crippen LogP contribution in [0.25, 0.3) is 0 Å². The number of Topliss-reactive ketones (excluding diaryl/α,β-unsaturated/α-hetero) is 1. The maximum absolute atomic E-state index is 13.8. The van der Waals surface area contributed by atoms with Crippen LogP contribution >= 0.6 is 0 Å². The summed E-state index contributed by atoms with van der Waals surface area (Å²) in [5, 5.41) is 8.25. The van der Waals surface area contributed by atoms with Crippen molar-refractivity contribution in [2.45, 2.75) is 101 Å². The number of ether oxygens (including phenoxy) is 2.